The molecule has 1 aromatic heterocycles. The fraction of sp³-hybridized carbons (Fsp3) is 0.160. The summed E-state index contributed by atoms with van der Waals surface area (Å²) in [4.78, 5) is 13.5. The number of ether oxygens (including phenoxy) is 2. The number of para-hydroxylation sites is 1. The van der Waals surface area contributed by atoms with Crippen LogP contribution in [0, 0.1) is 0 Å². The van der Waals surface area contributed by atoms with Crippen LogP contribution in [0.25, 0.3) is 22.8 Å². The number of phenolic OH excluding ortho intramolecular Hbond substituents is 1. The molecular formula is C25H23N3O3. The van der Waals surface area contributed by atoms with E-state index < -0.39 is 0 Å². The van der Waals surface area contributed by atoms with E-state index in [-0.39, 0.29) is 11.8 Å². The van der Waals surface area contributed by atoms with Crippen LogP contribution < -0.4 is 9.47 Å². The zero-order chi connectivity index (χ0) is 21.5. The molecule has 1 heterocycles. The van der Waals surface area contributed by atoms with Gasteiger partial charge in [0.15, 0.2) is 11.6 Å². The third-order valence-electron chi connectivity index (χ3n) is 4.58. The van der Waals surface area contributed by atoms with E-state index in [1.165, 1.54) is 0 Å². The summed E-state index contributed by atoms with van der Waals surface area (Å²) in [5.74, 6) is 2.02. The van der Waals surface area contributed by atoms with Crippen molar-refractivity contribution in [2.24, 2.45) is 0 Å². The Morgan fingerprint density at radius 3 is 2.19 bits per heavy atom. The first-order chi connectivity index (χ1) is 15.2. The van der Waals surface area contributed by atoms with Crippen LogP contribution in [0.2, 0.25) is 0 Å². The Hall–Kier alpha value is -3.93. The monoisotopic (exact) mass is 413 g/mol. The van der Waals surface area contributed by atoms with Gasteiger partial charge in [0.25, 0.3) is 0 Å². The van der Waals surface area contributed by atoms with Crippen LogP contribution in [0.3, 0.4) is 0 Å². The number of rotatable bonds is 8. The first-order valence-electron chi connectivity index (χ1n) is 10.2. The van der Waals surface area contributed by atoms with Gasteiger partial charge in [-0.05, 0) is 30.7 Å². The molecule has 0 fully saturated rings. The van der Waals surface area contributed by atoms with E-state index in [4.69, 9.17) is 9.47 Å². The molecule has 0 saturated heterocycles. The molecule has 6 heteroatoms. The molecule has 1 N–H and O–H groups in total. The number of hydrogen-bond donors (Lipinski definition) is 1. The lowest BCUT2D eigenvalue weighted by atomic mass is 10.1. The minimum absolute atomic E-state index is 0.0323. The van der Waals surface area contributed by atoms with Gasteiger partial charge in [-0.3, -0.25) is 0 Å². The van der Waals surface area contributed by atoms with Crippen LogP contribution in [0.1, 0.15) is 19.8 Å². The Labute approximate surface area is 181 Å². The third kappa shape index (κ3) is 5.17. The highest BCUT2D eigenvalue weighted by Crippen LogP contribution is 2.33. The van der Waals surface area contributed by atoms with Crippen molar-refractivity contribution in [3.63, 3.8) is 0 Å². The molecule has 31 heavy (non-hydrogen) atoms. The fourth-order valence-corrected chi connectivity index (χ4v) is 2.96. The summed E-state index contributed by atoms with van der Waals surface area (Å²) in [6.45, 7) is 2.71. The molecule has 0 amide bonds. The van der Waals surface area contributed by atoms with Crippen molar-refractivity contribution in [1.29, 1.82) is 0 Å². The highest BCUT2D eigenvalue weighted by molar-refractivity contribution is 5.67. The number of hydrogen-bond acceptors (Lipinski definition) is 6. The van der Waals surface area contributed by atoms with Crippen molar-refractivity contribution in [1.82, 2.24) is 15.0 Å². The highest BCUT2D eigenvalue weighted by atomic mass is 16.5. The highest BCUT2D eigenvalue weighted by Gasteiger charge is 2.15. The zero-order valence-corrected chi connectivity index (χ0v) is 17.2. The summed E-state index contributed by atoms with van der Waals surface area (Å²) in [6.07, 6.45) is 2.00. The molecular weight excluding hydrogens is 390 g/mol. The van der Waals surface area contributed by atoms with Gasteiger partial charge in [0.2, 0.25) is 0 Å². The number of aromatic nitrogens is 3. The maximum Gasteiger partial charge on any atom is 0.326 e. The quantitative estimate of drug-likeness (QED) is 0.363. The van der Waals surface area contributed by atoms with Crippen molar-refractivity contribution < 1.29 is 14.6 Å². The summed E-state index contributed by atoms with van der Waals surface area (Å²) in [5, 5.41) is 10.6. The molecule has 3 aromatic carbocycles. The third-order valence-corrected chi connectivity index (χ3v) is 4.58. The number of phenols is 1. The van der Waals surface area contributed by atoms with Gasteiger partial charge in [-0.15, -0.1) is 0 Å². The van der Waals surface area contributed by atoms with Gasteiger partial charge in [-0.25, -0.2) is 4.98 Å². The first-order valence-corrected chi connectivity index (χ1v) is 10.2. The average molecular weight is 413 g/mol. The SMILES string of the molecule is CCCCOc1ccc(-c2nc(Oc3ccccc3)nc(-c3ccccc3)n2)c(O)c1. The smallest absolute Gasteiger partial charge is 0.326 e. The van der Waals surface area contributed by atoms with Gasteiger partial charge in [0.1, 0.15) is 17.2 Å². The Bertz CT molecular complexity index is 1140. The zero-order valence-electron chi connectivity index (χ0n) is 17.2. The number of nitrogens with zero attached hydrogens (tertiary/aromatic N) is 3. The van der Waals surface area contributed by atoms with Gasteiger partial charge < -0.3 is 14.6 Å². The van der Waals surface area contributed by atoms with Crippen molar-refractivity contribution in [3.8, 4) is 46.0 Å². The fourth-order valence-electron chi connectivity index (χ4n) is 2.96. The molecule has 0 atom stereocenters. The van der Waals surface area contributed by atoms with Crippen LogP contribution in [0.5, 0.6) is 23.3 Å². The van der Waals surface area contributed by atoms with Crippen LogP contribution in [-0.2, 0) is 0 Å². The van der Waals surface area contributed by atoms with E-state index in [1.807, 2.05) is 60.7 Å². The molecule has 6 nitrogen and oxygen atoms in total. The molecule has 0 unspecified atom stereocenters. The van der Waals surface area contributed by atoms with Gasteiger partial charge in [-0.2, -0.15) is 9.97 Å². The number of benzene rings is 3. The van der Waals surface area contributed by atoms with Crippen molar-refractivity contribution in [3.05, 3.63) is 78.9 Å². The summed E-state index contributed by atoms with van der Waals surface area (Å²) in [6, 6.07) is 24.2. The van der Waals surface area contributed by atoms with E-state index in [9.17, 15) is 5.11 Å². The summed E-state index contributed by atoms with van der Waals surface area (Å²) in [5.41, 5.74) is 1.29. The van der Waals surface area contributed by atoms with Crippen LogP contribution in [0.4, 0.5) is 0 Å². The topological polar surface area (TPSA) is 77.4 Å². The minimum Gasteiger partial charge on any atom is -0.507 e. The Morgan fingerprint density at radius 1 is 0.774 bits per heavy atom. The largest absolute Gasteiger partial charge is 0.507 e. The van der Waals surface area contributed by atoms with Crippen molar-refractivity contribution >= 4 is 0 Å². The first kappa shape index (κ1) is 20.3. The van der Waals surface area contributed by atoms with Gasteiger partial charge in [0.05, 0.1) is 12.2 Å². The van der Waals surface area contributed by atoms with E-state index in [2.05, 4.69) is 21.9 Å². The Balaban J connectivity index is 1.72. The molecule has 0 aliphatic rings. The summed E-state index contributed by atoms with van der Waals surface area (Å²) in [7, 11) is 0. The minimum atomic E-state index is 0.0323. The molecule has 156 valence electrons. The van der Waals surface area contributed by atoms with Crippen molar-refractivity contribution in [2.75, 3.05) is 6.61 Å². The van der Waals surface area contributed by atoms with E-state index in [0.29, 0.717) is 35.3 Å². The predicted octanol–water partition coefficient (Wildman–Crippen LogP) is 5.88. The van der Waals surface area contributed by atoms with E-state index in [1.54, 1.807) is 18.2 Å². The van der Waals surface area contributed by atoms with Gasteiger partial charge >= 0.3 is 6.01 Å². The second kappa shape index (κ2) is 9.71. The maximum atomic E-state index is 10.6. The van der Waals surface area contributed by atoms with Crippen LogP contribution in [-0.4, -0.2) is 26.7 Å². The van der Waals surface area contributed by atoms with Crippen LogP contribution >= 0.6 is 0 Å². The number of aromatic hydroxyl groups is 1. The Morgan fingerprint density at radius 2 is 1.48 bits per heavy atom. The molecule has 0 radical (unpaired) electrons. The van der Waals surface area contributed by atoms with Gasteiger partial charge in [-0.1, -0.05) is 61.9 Å². The molecule has 0 bridgehead atoms. The molecule has 0 saturated carbocycles. The number of unbranched alkanes of at least 4 members (excludes halogenated alkanes) is 1. The second-order valence-corrected chi connectivity index (χ2v) is 6.93. The van der Waals surface area contributed by atoms with E-state index in [0.717, 1.165) is 18.4 Å². The lowest BCUT2D eigenvalue weighted by molar-refractivity contribution is 0.307. The molecule has 0 aliphatic heterocycles. The standard InChI is InChI=1S/C25H23N3O3/c1-2-3-16-30-20-14-15-21(22(29)17-20)24-26-23(18-10-6-4-7-11-18)27-25(28-24)31-19-12-8-5-9-13-19/h4-15,17,29H,2-3,16H2,1H3. The molecule has 0 spiro atoms. The lowest BCUT2D eigenvalue weighted by Crippen LogP contribution is -2.01. The molecule has 4 aromatic rings. The average Bonchev–Trinajstić information content (AvgIpc) is 2.80. The van der Waals surface area contributed by atoms with E-state index >= 15 is 0 Å². The predicted molar refractivity (Wildman–Crippen MR) is 119 cm³/mol. The normalized spacial score (nSPS) is 10.6. The molecule has 0 aliphatic carbocycles. The second-order valence-electron chi connectivity index (χ2n) is 6.93. The Kier molecular flexibility index (Phi) is 6.38. The van der Waals surface area contributed by atoms with Gasteiger partial charge in [0, 0.05) is 11.6 Å². The van der Waals surface area contributed by atoms with Crippen molar-refractivity contribution in [2.45, 2.75) is 19.8 Å². The summed E-state index contributed by atoms with van der Waals surface area (Å²) >= 11 is 0. The molecule has 4 rings (SSSR count). The van der Waals surface area contributed by atoms with Crippen LogP contribution in [0.15, 0.2) is 78.9 Å². The maximum absolute atomic E-state index is 10.6. The lowest BCUT2D eigenvalue weighted by Gasteiger charge is -2.11. The summed E-state index contributed by atoms with van der Waals surface area (Å²) < 4.78 is 11.5.